The van der Waals surface area contributed by atoms with Crippen molar-refractivity contribution in [1.82, 2.24) is 15.2 Å². The van der Waals surface area contributed by atoms with Gasteiger partial charge in [0.25, 0.3) is 5.91 Å². The Morgan fingerprint density at radius 1 is 1.29 bits per heavy atom. The molecule has 1 aromatic rings. The number of nitrogens with zero attached hydrogens (tertiary/aromatic N) is 1. The Morgan fingerprint density at radius 2 is 2.12 bits per heavy atom. The zero-order chi connectivity index (χ0) is 11.7. The molecule has 17 heavy (non-hydrogen) atoms. The summed E-state index contributed by atoms with van der Waals surface area (Å²) >= 11 is 0. The smallest absolute Gasteiger partial charge is 0.270 e. The van der Waals surface area contributed by atoms with Gasteiger partial charge in [-0.25, -0.2) is 0 Å². The van der Waals surface area contributed by atoms with Gasteiger partial charge in [-0.3, -0.25) is 4.79 Å². The summed E-state index contributed by atoms with van der Waals surface area (Å²) in [5, 5.41) is 3.40. The lowest BCUT2D eigenvalue weighted by molar-refractivity contribution is 0.0757. The lowest BCUT2D eigenvalue weighted by Gasteiger charge is -2.33. The first-order valence-electron chi connectivity index (χ1n) is 6.43. The molecule has 2 N–H and O–H groups in total. The molecule has 0 radical (unpaired) electrons. The quantitative estimate of drug-likeness (QED) is 0.766. The molecule has 0 saturated carbocycles. The van der Waals surface area contributed by atoms with Crippen LogP contribution in [0, 0.1) is 5.41 Å². The van der Waals surface area contributed by atoms with E-state index in [1.807, 2.05) is 23.2 Å². The van der Waals surface area contributed by atoms with Gasteiger partial charge in [-0.15, -0.1) is 0 Å². The molecule has 92 valence electrons. The molecule has 1 spiro atoms. The van der Waals surface area contributed by atoms with Crippen molar-refractivity contribution in [2.45, 2.75) is 19.3 Å². The Hall–Kier alpha value is -1.29. The highest BCUT2D eigenvalue weighted by Gasteiger charge is 2.40. The van der Waals surface area contributed by atoms with Gasteiger partial charge in [0.15, 0.2) is 0 Å². The monoisotopic (exact) mass is 233 g/mol. The van der Waals surface area contributed by atoms with E-state index in [-0.39, 0.29) is 5.91 Å². The summed E-state index contributed by atoms with van der Waals surface area (Å²) in [4.78, 5) is 17.2. The van der Waals surface area contributed by atoms with Crippen molar-refractivity contribution >= 4 is 5.91 Å². The predicted octanol–water partition coefficient (Wildman–Crippen LogP) is 1.23. The fourth-order valence-electron chi connectivity index (χ4n) is 3.11. The predicted molar refractivity (Wildman–Crippen MR) is 65.8 cm³/mol. The summed E-state index contributed by atoms with van der Waals surface area (Å²) in [6.07, 6.45) is 5.40. The maximum Gasteiger partial charge on any atom is 0.270 e. The minimum absolute atomic E-state index is 0.158. The van der Waals surface area contributed by atoms with Crippen LogP contribution >= 0.6 is 0 Å². The van der Waals surface area contributed by atoms with Crippen LogP contribution in [0.4, 0.5) is 0 Å². The molecule has 2 fully saturated rings. The number of carbonyl (C=O) groups excluding carboxylic acids is 1. The second-order valence-electron chi connectivity index (χ2n) is 5.31. The highest BCUT2D eigenvalue weighted by molar-refractivity contribution is 5.92. The van der Waals surface area contributed by atoms with Crippen LogP contribution in [0.3, 0.4) is 0 Å². The van der Waals surface area contributed by atoms with Crippen LogP contribution < -0.4 is 5.32 Å². The van der Waals surface area contributed by atoms with E-state index >= 15 is 0 Å². The van der Waals surface area contributed by atoms with Gasteiger partial charge >= 0.3 is 0 Å². The van der Waals surface area contributed by atoms with Crippen molar-refractivity contribution < 1.29 is 4.79 Å². The van der Waals surface area contributed by atoms with Gasteiger partial charge in [0, 0.05) is 19.3 Å². The van der Waals surface area contributed by atoms with Crippen molar-refractivity contribution in [3.63, 3.8) is 0 Å². The number of hydrogen-bond acceptors (Lipinski definition) is 2. The van der Waals surface area contributed by atoms with Gasteiger partial charge in [-0.1, -0.05) is 0 Å². The lowest BCUT2D eigenvalue weighted by Crippen LogP contribution is -2.39. The van der Waals surface area contributed by atoms with E-state index in [9.17, 15) is 4.79 Å². The van der Waals surface area contributed by atoms with Crippen molar-refractivity contribution in [3.8, 4) is 0 Å². The van der Waals surface area contributed by atoms with Crippen LogP contribution in [-0.2, 0) is 0 Å². The van der Waals surface area contributed by atoms with Gasteiger partial charge in [0.05, 0.1) is 0 Å². The zero-order valence-corrected chi connectivity index (χ0v) is 10.0. The highest BCUT2D eigenvalue weighted by atomic mass is 16.2. The van der Waals surface area contributed by atoms with Crippen LogP contribution in [0.1, 0.15) is 29.8 Å². The standard InChI is InChI=1S/C13H19N3O/c17-12(11-2-1-6-15-11)16-9-5-13(10-16)3-7-14-8-4-13/h1-2,6,14-15H,3-5,7-10H2. The van der Waals surface area contributed by atoms with Crippen LogP contribution in [0.5, 0.6) is 0 Å². The number of amides is 1. The number of hydrogen-bond donors (Lipinski definition) is 2. The molecule has 2 aliphatic heterocycles. The average Bonchev–Trinajstić information content (AvgIpc) is 2.99. The zero-order valence-electron chi connectivity index (χ0n) is 10.0. The van der Waals surface area contributed by atoms with Crippen LogP contribution in [0.15, 0.2) is 18.3 Å². The molecule has 0 atom stereocenters. The van der Waals surface area contributed by atoms with Crippen LogP contribution in [-0.4, -0.2) is 42.0 Å². The Labute approximate surface area is 101 Å². The van der Waals surface area contributed by atoms with Crippen LogP contribution in [0.2, 0.25) is 0 Å². The molecule has 2 saturated heterocycles. The van der Waals surface area contributed by atoms with E-state index < -0.39 is 0 Å². The number of nitrogens with one attached hydrogen (secondary N) is 2. The third kappa shape index (κ3) is 1.97. The number of likely N-dealkylation sites (tertiary alicyclic amines) is 1. The molecule has 4 nitrogen and oxygen atoms in total. The molecule has 4 heteroatoms. The minimum Gasteiger partial charge on any atom is -0.357 e. The molecule has 3 heterocycles. The summed E-state index contributed by atoms with van der Waals surface area (Å²) in [5.41, 5.74) is 1.11. The van der Waals surface area contributed by atoms with Gasteiger partial charge in [-0.2, -0.15) is 0 Å². The summed E-state index contributed by atoms with van der Waals surface area (Å²) in [5.74, 6) is 0.158. The number of aromatic amines is 1. The first kappa shape index (κ1) is 10.8. The number of rotatable bonds is 1. The van der Waals surface area contributed by atoms with E-state index in [1.54, 1.807) is 0 Å². The number of aromatic nitrogens is 1. The molecule has 1 aromatic heterocycles. The third-order valence-corrected chi connectivity index (χ3v) is 4.22. The maximum atomic E-state index is 12.2. The topological polar surface area (TPSA) is 48.1 Å². The summed E-state index contributed by atoms with van der Waals surface area (Å²) in [6, 6.07) is 3.74. The Kier molecular flexibility index (Phi) is 2.67. The van der Waals surface area contributed by atoms with Crippen molar-refractivity contribution in [3.05, 3.63) is 24.0 Å². The average molecular weight is 233 g/mol. The Morgan fingerprint density at radius 3 is 2.82 bits per heavy atom. The number of carbonyl (C=O) groups is 1. The number of piperidine rings is 1. The van der Waals surface area contributed by atoms with Gasteiger partial charge in [0.2, 0.25) is 0 Å². The van der Waals surface area contributed by atoms with E-state index in [4.69, 9.17) is 0 Å². The minimum atomic E-state index is 0.158. The molecule has 0 unspecified atom stereocenters. The summed E-state index contributed by atoms with van der Waals surface area (Å²) < 4.78 is 0. The molecule has 2 aliphatic rings. The fourth-order valence-corrected chi connectivity index (χ4v) is 3.11. The second kappa shape index (κ2) is 4.18. The SMILES string of the molecule is O=C(c1ccc[nH]1)N1CCC2(CCNCC2)C1. The van der Waals surface area contributed by atoms with Crippen LogP contribution in [0.25, 0.3) is 0 Å². The van der Waals surface area contributed by atoms with E-state index in [2.05, 4.69) is 10.3 Å². The second-order valence-corrected chi connectivity index (χ2v) is 5.31. The normalized spacial score (nSPS) is 23.2. The van der Waals surface area contributed by atoms with Crippen molar-refractivity contribution in [2.24, 2.45) is 5.41 Å². The molecular weight excluding hydrogens is 214 g/mol. The number of H-pyrrole nitrogens is 1. The van der Waals surface area contributed by atoms with Gasteiger partial charge < -0.3 is 15.2 Å². The van der Waals surface area contributed by atoms with E-state index in [0.29, 0.717) is 5.41 Å². The molecule has 3 rings (SSSR count). The summed E-state index contributed by atoms with van der Waals surface area (Å²) in [6.45, 7) is 4.06. The first-order chi connectivity index (χ1) is 8.29. The van der Waals surface area contributed by atoms with Gasteiger partial charge in [0.1, 0.15) is 5.69 Å². The van der Waals surface area contributed by atoms with Crippen molar-refractivity contribution in [2.75, 3.05) is 26.2 Å². The third-order valence-electron chi connectivity index (χ3n) is 4.22. The molecule has 0 bridgehead atoms. The first-order valence-corrected chi connectivity index (χ1v) is 6.43. The Bertz CT molecular complexity index is 393. The van der Waals surface area contributed by atoms with E-state index in [1.165, 1.54) is 19.3 Å². The van der Waals surface area contributed by atoms with Gasteiger partial charge in [-0.05, 0) is 49.9 Å². The molecular formula is C13H19N3O. The maximum absolute atomic E-state index is 12.2. The summed E-state index contributed by atoms with van der Waals surface area (Å²) in [7, 11) is 0. The highest BCUT2D eigenvalue weighted by Crippen LogP contribution is 2.38. The largest absolute Gasteiger partial charge is 0.357 e. The fraction of sp³-hybridized carbons (Fsp3) is 0.615. The molecule has 0 aliphatic carbocycles. The Balaban J connectivity index is 1.69. The lowest BCUT2D eigenvalue weighted by atomic mass is 9.78. The molecule has 0 aromatic carbocycles. The van der Waals surface area contributed by atoms with E-state index in [0.717, 1.165) is 31.9 Å². The van der Waals surface area contributed by atoms with Crippen molar-refractivity contribution in [1.29, 1.82) is 0 Å². The molecule has 1 amide bonds.